The van der Waals surface area contributed by atoms with Gasteiger partial charge in [-0.3, -0.25) is 4.79 Å². The van der Waals surface area contributed by atoms with Gasteiger partial charge in [0.15, 0.2) is 17.2 Å². The number of carbonyl (C=O) groups excluding carboxylic acids is 1. The van der Waals surface area contributed by atoms with E-state index in [-0.39, 0.29) is 5.69 Å². The number of rotatable bonds is 6. The van der Waals surface area contributed by atoms with Crippen LogP contribution in [-0.4, -0.2) is 28.4 Å². The molecular weight excluding hydrogens is 320 g/mol. The molecule has 0 saturated carbocycles. The van der Waals surface area contributed by atoms with Gasteiger partial charge in [0, 0.05) is 5.56 Å². The number of H-pyrrole nitrogens is 1. The number of carbonyl (C=O) groups is 1. The van der Waals surface area contributed by atoms with Crippen molar-refractivity contribution in [1.82, 2.24) is 15.4 Å². The van der Waals surface area contributed by atoms with Crippen molar-refractivity contribution in [2.45, 2.75) is 13.5 Å². The Morgan fingerprint density at radius 2 is 1.92 bits per heavy atom. The maximum Gasteiger partial charge on any atom is 0.271 e. The third-order valence-electron chi connectivity index (χ3n) is 3.78. The zero-order chi connectivity index (χ0) is 17.8. The fraction of sp³-hybridized carbons (Fsp3) is 0.167. The average Bonchev–Trinajstić information content (AvgIpc) is 3.11. The molecule has 0 spiro atoms. The number of primary amides is 1. The molecule has 7 heteroatoms. The van der Waals surface area contributed by atoms with Gasteiger partial charge in [0.05, 0.1) is 7.11 Å². The second kappa shape index (κ2) is 7.04. The molecule has 0 saturated heterocycles. The van der Waals surface area contributed by atoms with Crippen molar-refractivity contribution < 1.29 is 14.3 Å². The molecular formula is C18H18N4O3. The topological polar surface area (TPSA) is 103 Å². The predicted octanol–water partition coefficient (Wildman–Crippen LogP) is 2.47. The van der Waals surface area contributed by atoms with E-state index in [1.165, 1.54) is 0 Å². The van der Waals surface area contributed by atoms with Crippen LogP contribution >= 0.6 is 0 Å². The number of nitrogens with two attached hydrogens (primary N) is 1. The van der Waals surface area contributed by atoms with Crippen LogP contribution in [0.15, 0.2) is 42.5 Å². The highest BCUT2D eigenvalue weighted by Crippen LogP contribution is 2.36. The monoisotopic (exact) mass is 338 g/mol. The maximum absolute atomic E-state index is 11.5. The number of ether oxygens (including phenoxy) is 2. The molecule has 0 atom stereocenters. The Balaban J connectivity index is 1.97. The van der Waals surface area contributed by atoms with Gasteiger partial charge in [-0.2, -0.15) is 15.4 Å². The third kappa shape index (κ3) is 3.45. The highest BCUT2D eigenvalue weighted by Gasteiger charge is 2.19. The van der Waals surface area contributed by atoms with E-state index < -0.39 is 5.91 Å². The summed E-state index contributed by atoms with van der Waals surface area (Å²) in [5.74, 6) is 0.498. The smallest absolute Gasteiger partial charge is 0.271 e. The number of hydrogen-bond donors (Lipinski definition) is 2. The van der Waals surface area contributed by atoms with Crippen LogP contribution in [0.25, 0.3) is 11.3 Å². The van der Waals surface area contributed by atoms with Gasteiger partial charge >= 0.3 is 0 Å². The average molecular weight is 338 g/mol. The molecule has 0 aliphatic rings. The van der Waals surface area contributed by atoms with Crippen molar-refractivity contribution in [3.63, 3.8) is 0 Å². The first kappa shape index (κ1) is 16.5. The summed E-state index contributed by atoms with van der Waals surface area (Å²) in [6, 6.07) is 13.4. The molecule has 1 amide bonds. The van der Waals surface area contributed by atoms with E-state index in [1.54, 1.807) is 13.2 Å². The number of amides is 1. The van der Waals surface area contributed by atoms with Gasteiger partial charge in [-0.05, 0) is 30.2 Å². The van der Waals surface area contributed by atoms with Gasteiger partial charge in [-0.15, -0.1) is 0 Å². The second-order valence-electron chi connectivity index (χ2n) is 5.48. The summed E-state index contributed by atoms with van der Waals surface area (Å²) < 4.78 is 11.3. The van der Waals surface area contributed by atoms with E-state index >= 15 is 0 Å². The lowest BCUT2D eigenvalue weighted by Crippen LogP contribution is -2.13. The fourth-order valence-electron chi connectivity index (χ4n) is 2.51. The van der Waals surface area contributed by atoms with Gasteiger partial charge in [0.2, 0.25) is 0 Å². The minimum atomic E-state index is -0.647. The summed E-state index contributed by atoms with van der Waals surface area (Å²) in [5, 5.41) is 10.3. The number of aromatic nitrogens is 3. The van der Waals surface area contributed by atoms with Gasteiger partial charge in [-0.25, -0.2) is 0 Å². The van der Waals surface area contributed by atoms with Crippen molar-refractivity contribution in [3.05, 3.63) is 59.3 Å². The largest absolute Gasteiger partial charge is 0.493 e. The van der Waals surface area contributed by atoms with Crippen LogP contribution in [0.3, 0.4) is 0 Å². The number of nitrogens with zero attached hydrogens (tertiary/aromatic N) is 2. The van der Waals surface area contributed by atoms with Crippen molar-refractivity contribution in [2.24, 2.45) is 5.73 Å². The van der Waals surface area contributed by atoms with Gasteiger partial charge < -0.3 is 15.2 Å². The summed E-state index contributed by atoms with van der Waals surface area (Å²) in [5.41, 5.74) is 8.42. The predicted molar refractivity (Wildman–Crippen MR) is 92.4 cm³/mol. The zero-order valence-corrected chi connectivity index (χ0v) is 13.9. The molecule has 3 aromatic rings. The van der Waals surface area contributed by atoms with E-state index in [0.717, 1.165) is 11.1 Å². The maximum atomic E-state index is 11.5. The highest BCUT2D eigenvalue weighted by atomic mass is 16.5. The molecule has 0 aliphatic heterocycles. The Morgan fingerprint density at radius 1 is 1.16 bits per heavy atom. The number of benzene rings is 2. The molecule has 3 rings (SSSR count). The summed E-state index contributed by atoms with van der Waals surface area (Å²) >= 11 is 0. The van der Waals surface area contributed by atoms with E-state index in [0.29, 0.717) is 29.4 Å². The minimum absolute atomic E-state index is 0.0854. The van der Waals surface area contributed by atoms with E-state index in [4.69, 9.17) is 15.2 Å². The number of aromatic amines is 1. The number of methoxy groups -OCH3 is 1. The first-order chi connectivity index (χ1) is 12.1. The molecule has 1 aromatic heterocycles. The fourth-order valence-corrected chi connectivity index (χ4v) is 2.51. The molecule has 128 valence electrons. The third-order valence-corrected chi connectivity index (χ3v) is 3.78. The molecule has 3 N–H and O–H groups in total. The Labute approximate surface area is 144 Å². The summed E-state index contributed by atoms with van der Waals surface area (Å²) in [4.78, 5) is 11.5. The quantitative estimate of drug-likeness (QED) is 0.718. The molecule has 7 nitrogen and oxygen atoms in total. The molecule has 1 heterocycles. The van der Waals surface area contributed by atoms with Gasteiger partial charge in [0.1, 0.15) is 12.3 Å². The lowest BCUT2D eigenvalue weighted by atomic mass is 10.0. The Hall–Kier alpha value is -3.35. The zero-order valence-electron chi connectivity index (χ0n) is 13.9. The van der Waals surface area contributed by atoms with Crippen molar-refractivity contribution in [1.29, 1.82) is 0 Å². The normalized spacial score (nSPS) is 10.5. The van der Waals surface area contributed by atoms with Crippen LogP contribution in [0.5, 0.6) is 11.5 Å². The van der Waals surface area contributed by atoms with Crippen LogP contribution in [0.2, 0.25) is 0 Å². The number of hydrogen-bond acceptors (Lipinski definition) is 5. The molecule has 0 radical (unpaired) electrons. The van der Waals surface area contributed by atoms with E-state index in [9.17, 15) is 4.79 Å². The van der Waals surface area contributed by atoms with Crippen LogP contribution in [-0.2, 0) is 6.61 Å². The Kier molecular flexibility index (Phi) is 4.65. The summed E-state index contributed by atoms with van der Waals surface area (Å²) in [7, 11) is 1.58. The number of nitrogens with one attached hydrogen (secondary N) is 1. The summed E-state index contributed by atoms with van der Waals surface area (Å²) in [6.45, 7) is 2.28. The first-order valence-electron chi connectivity index (χ1n) is 7.66. The SMILES string of the molecule is COc1cc(C)c(-c2n[nH]nc2C(N)=O)cc1OCc1ccccc1. The standard InChI is InChI=1S/C18H18N4O3/c1-11-8-14(24-2)15(25-10-12-6-4-3-5-7-12)9-13(11)16-17(18(19)23)21-22-20-16/h3-9H,10H2,1-2H3,(H2,19,23)(H,20,21,22). The molecule has 0 fully saturated rings. The lowest BCUT2D eigenvalue weighted by Gasteiger charge is -2.14. The minimum Gasteiger partial charge on any atom is -0.493 e. The highest BCUT2D eigenvalue weighted by molar-refractivity contribution is 5.97. The first-order valence-corrected chi connectivity index (χ1v) is 7.66. The molecule has 0 bridgehead atoms. The van der Waals surface area contributed by atoms with E-state index in [2.05, 4.69) is 15.4 Å². The van der Waals surface area contributed by atoms with Crippen molar-refractivity contribution in [2.75, 3.05) is 7.11 Å². The Bertz CT molecular complexity index is 891. The molecule has 0 unspecified atom stereocenters. The Morgan fingerprint density at radius 3 is 2.60 bits per heavy atom. The van der Waals surface area contributed by atoms with Crippen LogP contribution in [0.1, 0.15) is 21.6 Å². The van der Waals surface area contributed by atoms with Crippen molar-refractivity contribution in [3.8, 4) is 22.8 Å². The van der Waals surface area contributed by atoms with E-state index in [1.807, 2.05) is 43.3 Å². The van der Waals surface area contributed by atoms with Crippen LogP contribution in [0, 0.1) is 6.92 Å². The lowest BCUT2D eigenvalue weighted by molar-refractivity contribution is 0.0996. The van der Waals surface area contributed by atoms with Crippen LogP contribution in [0.4, 0.5) is 0 Å². The van der Waals surface area contributed by atoms with Gasteiger partial charge in [0.25, 0.3) is 5.91 Å². The van der Waals surface area contributed by atoms with Crippen LogP contribution < -0.4 is 15.2 Å². The molecule has 25 heavy (non-hydrogen) atoms. The molecule has 2 aromatic carbocycles. The molecule has 0 aliphatic carbocycles. The van der Waals surface area contributed by atoms with Gasteiger partial charge in [-0.1, -0.05) is 30.3 Å². The number of aryl methyl sites for hydroxylation is 1. The second-order valence-corrected chi connectivity index (χ2v) is 5.48. The van der Waals surface area contributed by atoms with Crippen molar-refractivity contribution >= 4 is 5.91 Å². The summed E-state index contributed by atoms with van der Waals surface area (Å²) in [6.07, 6.45) is 0.